The Morgan fingerprint density at radius 3 is 2.56 bits per heavy atom. The zero-order chi connectivity index (χ0) is 24.4. The molecule has 1 aliphatic rings. The minimum atomic E-state index is -0.871. The maximum atomic E-state index is 13.4. The van der Waals surface area contributed by atoms with Crippen molar-refractivity contribution in [2.24, 2.45) is 5.92 Å². The molecule has 34 heavy (non-hydrogen) atoms. The number of amides is 2. The van der Waals surface area contributed by atoms with Crippen LogP contribution >= 0.6 is 0 Å². The average Bonchev–Trinajstić information content (AvgIpc) is 3.52. The second-order valence-electron chi connectivity index (χ2n) is 8.85. The average molecular weight is 469 g/mol. The fourth-order valence-corrected chi connectivity index (χ4v) is 4.18. The highest BCUT2D eigenvalue weighted by Gasteiger charge is 2.43. The van der Waals surface area contributed by atoms with Crippen LogP contribution in [0.2, 0.25) is 0 Å². The number of hydrogen-bond acceptors (Lipinski definition) is 8. The number of rotatable bonds is 7. The summed E-state index contributed by atoms with van der Waals surface area (Å²) in [6, 6.07) is 7.80. The molecule has 1 aromatic carbocycles. The van der Waals surface area contributed by atoms with Crippen molar-refractivity contribution in [1.82, 2.24) is 20.5 Å². The molecule has 10 nitrogen and oxygen atoms in total. The predicted molar refractivity (Wildman–Crippen MR) is 120 cm³/mol. The number of aliphatic hydroxyl groups is 1. The third-order valence-corrected chi connectivity index (χ3v) is 5.88. The summed E-state index contributed by atoms with van der Waals surface area (Å²) in [7, 11) is 0. The van der Waals surface area contributed by atoms with Gasteiger partial charge in [-0.3, -0.25) is 9.59 Å². The van der Waals surface area contributed by atoms with Gasteiger partial charge in [-0.15, -0.1) is 0 Å². The van der Waals surface area contributed by atoms with Gasteiger partial charge in [0.15, 0.2) is 17.9 Å². The van der Waals surface area contributed by atoms with Crippen LogP contribution in [-0.2, 0) is 9.59 Å². The number of aryl methyl sites for hydroxylation is 2. The number of carbonyl (C=O) groups is 2. The molecule has 180 valence electrons. The number of oxazole rings is 1. The molecule has 2 aromatic heterocycles. The first-order chi connectivity index (χ1) is 16.2. The van der Waals surface area contributed by atoms with Crippen molar-refractivity contribution in [3.05, 3.63) is 53.9 Å². The topological polar surface area (TPSA) is 131 Å². The van der Waals surface area contributed by atoms with E-state index in [1.165, 1.54) is 11.3 Å². The molecule has 0 aliphatic carbocycles. The van der Waals surface area contributed by atoms with E-state index in [-0.39, 0.29) is 24.8 Å². The molecular formula is C24H28N4O6. The number of nitrogens with one attached hydrogen (secondary N) is 1. The summed E-state index contributed by atoms with van der Waals surface area (Å²) in [5.74, 6) is -0.0181. The highest BCUT2D eigenvalue weighted by molar-refractivity contribution is 5.91. The van der Waals surface area contributed by atoms with Gasteiger partial charge in [-0.1, -0.05) is 19.0 Å². The number of likely N-dealkylation sites (tertiary alicyclic amines) is 1. The number of β-amino-alcohol motifs (C(OH)–C–C–N with tert-alkyl or cyclic N) is 1. The number of aromatic nitrogens is 2. The van der Waals surface area contributed by atoms with E-state index in [0.29, 0.717) is 23.0 Å². The fraction of sp³-hybridized carbons (Fsp3) is 0.417. The second kappa shape index (κ2) is 9.68. The number of carbonyl (C=O) groups excluding carboxylic acids is 2. The van der Waals surface area contributed by atoms with E-state index < -0.39 is 24.0 Å². The molecule has 1 unspecified atom stereocenters. The Morgan fingerprint density at radius 1 is 1.24 bits per heavy atom. The first kappa shape index (κ1) is 23.5. The van der Waals surface area contributed by atoms with Gasteiger partial charge in [-0.25, -0.2) is 4.98 Å². The zero-order valence-electron chi connectivity index (χ0n) is 19.5. The van der Waals surface area contributed by atoms with Crippen LogP contribution in [0.25, 0.3) is 11.3 Å². The van der Waals surface area contributed by atoms with Crippen LogP contribution in [-0.4, -0.2) is 50.7 Å². The number of benzene rings is 1. The van der Waals surface area contributed by atoms with Crippen molar-refractivity contribution < 1.29 is 28.5 Å². The summed E-state index contributed by atoms with van der Waals surface area (Å²) in [4.78, 5) is 37.2. The van der Waals surface area contributed by atoms with E-state index in [2.05, 4.69) is 15.6 Å². The second-order valence-corrected chi connectivity index (χ2v) is 8.85. The molecule has 2 amide bonds. The van der Waals surface area contributed by atoms with E-state index in [4.69, 9.17) is 13.8 Å². The molecule has 3 aromatic rings. The summed E-state index contributed by atoms with van der Waals surface area (Å²) in [5.41, 5.74) is 4.67. The first-order valence-corrected chi connectivity index (χ1v) is 11.1. The van der Waals surface area contributed by atoms with Crippen LogP contribution in [0.1, 0.15) is 43.3 Å². The number of nitrogens with zero attached hydrogens (tertiary/aromatic N) is 3. The highest BCUT2D eigenvalue weighted by Crippen LogP contribution is 2.31. The van der Waals surface area contributed by atoms with Gasteiger partial charge in [-0.05, 0) is 44.0 Å². The lowest BCUT2D eigenvalue weighted by Crippen LogP contribution is -2.48. The molecule has 0 bridgehead atoms. The van der Waals surface area contributed by atoms with Crippen LogP contribution in [0.15, 0.2) is 45.7 Å². The number of hydrogen-bond donors (Lipinski definition) is 2. The van der Waals surface area contributed by atoms with Gasteiger partial charge in [0.05, 0.1) is 17.5 Å². The van der Waals surface area contributed by atoms with Gasteiger partial charge >= 0.3 is 0 Å². The molecule has 0 saturated carbocycles. The van der Waals surface area contributed by atoms with E-state index in [1.807, 2.05) is 20.8 Å². The van der Waals surface area contributed by atoms with E-state index in [1.54, 1.807) is 37.3 Å². The van der Waals surface area contributed by atoms with Crippen molar-refractivity contribution >= 4 is 11.8 Å². The third-order valence-electron chi connectivity index (χ3n) is 5.88. The maximum Gasteiger partial charge on any atom is 0.275 e. The van der Waals surface area contributed by atoms with Crippen LogP contribution in [0.5, 0.6) is 5.75 Å². The molecule has 3 heterocycles. The lowest BCUT2D eigenvalue weighted by molar-refractivity contribution is -0.143. The smallest absolute Gasteiger partial charge is 0.275 e. The van der Waals surface area contributed by atoms with Crippen LogP contribution in [0, 0.1) is 19.8 Å². The number of aliphatic hydroxyl groups excluding tert-OH is 1. The molecule has 1 fully saturated rings. The van der Waals surface area contributed by atoms with Gasteiger partial charge in [0.25, 0.3) is 5.91 Å². The molecule has 0 radical (unpaired) electrons. The van der Waals surface area contributed by atoms with Gasteiger partial charge in [0.1, 0.15) is 17.7 Å². The van der Waals surface area contributed by atoms with E-state index in [0.717, 1.165) is 11.3 Å². The van der Waals surface area contributed by atoms with Gasteiger partial charge < -0.3 is 23.8 Å². The molecule has 1 saturated heterocycles. The fourth-order valence-electron chi connectivity index (χ4n) is 4.18. The van der Waals surface area contributed by atoms with Crippen LogP contribution in [0.3, 0.4) is 0 Å². The highest BCUT2D eigenvalue weighted by atomic mass is 16.7. The zero-order valence-corrected chi connectivity index (χ0v) is 19.5. The lowest BCUT2D eigenvalue weighted by atomic mass is 9.91. The van der Waals surface area contributed by atoms with Gasteiger partial charge in [-0.2, -0.15) is 5.48 Å². The lowest BCUT2D eigenvalue weighted by Gasteiger charge is -2.28. The summed E-state index contributed by atoms with van der Waals surface area (Å²) < 4.78 is 10.7. The Morgan fingerprint density at radius 2 is 1.97 bits per heavy atom. The molecular weight excluding hydrogens is 440 g/mol. The first-order valence-electron chi connectivity index (χ1n) is 11.1. The van der Waals surface area contributed by atoms with Crippen molar-refractivity contribution in [1.29, 1.82) is 0 Å². The Kier molecular flexibility index (Phi) is 6.69. The largest absolute Gasteiger partial charge is 0.443 e. The Bertz CT molecular complexity index is 1150. The number of hydroxylamine groups is 1. The summed E-state index contributed by atoms with van der Waals surface area (Å²) in [6.07, 6.45) is 0.685. The normalized spacial score (nSPS) is 18.8. The van der Waals surface area contributed by atoms with E-state index >= 15 is 0 Å². The SMILES string of the molecule is Cc1cc(C(C(=O)N2C[C@H](O)C[C@H]2C(=O)NOc2ccc(-c3ocnc3C)cc2)C(C)C)on1. The predicted octanol–water partition coefficient (Wildman–Crippen LogP) is 2.76. The Balaban J connectivity index is 1.43. The van der Waals surface area contributed by atoms with Crippen molar-refractivity contribution in [2.75, 3.05) is 6.54 Å². The standard InChI is InChI=1S/C24H28N4O6/c1-13(2)21(20-9-14(3)26-34-20)24(31)28-11-17(29)10-19(28)23(30)27-33-18-7-5-16(6-8-18)22-15(4)25-12-32-22/h5-9,12-13,17,19,21,29H,10-11H2,1-4H3,(H,27,30)/t17-,19+,21?/m1/s1. The van der Waals surface area contributed by atoms with Gasteiger partial charge in [0, 0.05) is 24.6 Å². The molecule has 2 N–H and O–H groups in total. The summed E-state index contributed by atoms with van der Waals surface area (Å²) in [6.45, 7) is 7.48. The Hall–Kier alpha value is -3.66. The van der Waals surface area contributed by atoms with E-state index in [9.17, 15) is 14.7 Å². The molecule has 3 atom stereocenters. The minimum Gasteiger partial charge on any atom is -0.443 e. The maximum absolute atomic E-state index is 13.4. The molecule has 0 spiro atoms. The van der Waals surface area contributed by atoms with Crippen molar-refractivity contribution in [3.63, 3.8) is 0 Å². The Labute approximate surface area is 196 Å². The third kappa shape index (κ3) is 4.81. The van der Waals surface area contributed by atoms with Crippen molar-refractivity contribution in [3.8, 4) is 17.1 Å². The summed E-state index contributed by atoms with van der Waals surface area (Å²) in [5, 5.41) is 14.1. The quantitative estimate of drug-likeness (QED) is 0.506. The summed E-state index contributed by atoms with van der Waals surface area (Å²) >= 11 is 0. The molecule has 10 heteroatoms. The molecule has 1 aliphatic heterocycles. The van der Waals surface area contributed by atoms with Crippen molar-refractivity contribution in [2.45, 2.75) is 52.2 Å². The van der Waals surface area contributed by atoms with Crippen LogP contribution < -0.4 is 10.3 Å². The molecule has 4 rings (SSSR count). The minimum absolute atomic E-state index is 0.0541. The van der Waals surface area contributed by atoms with Gasteiger partial charge in [0.2, 0.25) is 5.91 Å². The van der Waals surface area contributed by atoms with Crippen LogP contribution in [0.4, 0.5) is 0 Å². The monoisotopic (exact) mass is 468 g/mol.